The number of hydrogen-bond acceptors (Lipinski definition) is 5. The Labute approximate surface area is 215 Å². The minimum absolute atomic E-state index is 0.103. The third-order valence-electron chi connectivity index (χ3n) is 6.49. The van der Waals surface area contributed by atoms with E-state index in [1.54, 1.807) is 37.3 Å². The van der Waals surface area contributed by atoms with Crippen LogP contribution >= 0.6 is 0 Å². The molecule has 0 aliphatic carbocycles. The van der Waals surface area contributed by atoms with Gasteiger partial charge in [-0.1, -0.05) is 48.5 Å². The molecule has 188 valence electrons. The van der Waals surface area contributed by atoms with Crippen LogP contribution in [-0.2, 0) is 16.1 Å². The van der Waals surface area contributed by atoms with E-state index >= 15 is 0 Å². The first-order valence-electron chi connectivity index (χ1n) is 12.1. The fourth-order valence-corrected chi connectivity index (χ4v) is 4.54. The summed E-state index contributed by atoms with van der Waals surface area (Å²) in [5.41, 5.74) is 4.28. The molecule has 1 fully saturated rings. The van der Waals surface area contributed by atoms with Crippen LogP contribution in [0.25, 0.3) is 16.9 Å². The number of nitrogens with zero attached hydrogens (tertiary/aromatic N) is 3. The number of nitrogens with one attached hydrogen (secondary N) is 1. The zero-order valence-electron chi connectivity index (χ0n) is 20.8. The van der Waals surface area contributed by atoms with Gasteiger partial charge in [-0.2, -0.15) is 5.10 Å². The molecule has 37 heavy (non-hydrogen) atoms. The van der Waals surface area contributed by atoms with E-state index in [4.69, 9.17) is 14.6 Å². The standard InChI is InChI=1S/C29H28N4O4/c1-36-25-14-13-24(16-26(25)37-2)32-18-21(15-27(32)34)29(35)30-17-22-19-33(23-11-7-4-8-12-23)31-28(22)20-9-5-3-6-10-20/h3-14,16,19,21H,15,17-18H2,1-2H3,(H,30,35). The van der Waals surface area contributed by atoms with Crippen molar-refractivity contribution in [2.75, 3.05) is 25.7 Å². The van der Waals surface area contributed by atoms with Gasteiger partial charge in [0, 0.05) is 48.6 Å². The monoisotopic (exact) mass is 496 g/mol. The van der Waals surface area contributed by atoms with Crippen molar-refractivity contribution in [2.24, 2.45) is 5.92 Å². The molecule has 1 aromatic heterocycles. The van der Waals surface area contributed by atoms with Crippen molar-refractivity contribution in [1.82, 2.24) is 15.1 Å². The SMILES string of the molecule is COc1ccc(N2CC(C(=O)NCc3cn(-c4ccccc4)nc3-c3ccccc3)CC2=O)cc1OC. The third kappa shape index (κ3) is 5.04. The molecule has 0 radical (unpaired) electrons. The van der Waals surface area contributed by atoms with Crippen LogP contribution in [0.5, 0.6) is 11.5 Å². The number of methoxy groups -OCH3 is 2. The Kier molecular flexibility index (Phi) is 6.89. The second kappa shape index (κ2) is 10.6. The average molecular weight is 497 g/mol. The summed E-state index contributed by atoms with van der Waals surface area (Å²) in [5.74, 6) is 0.393. The smallest absolute Gasteiger partial charge is 0.227 e. The molecule has 4 aromatic rings. The van der Waals surface area contributed by atoms with Gasteiger partial charge < -0.3 is 19.7 Å². The molecule has 0 bridgehead atoms. The summed E-state index contributed by atoms with van der Waals surface area (Å²) >= 11 is 0. The van der Waals surface area contributed by atoms with Crippen molar-refractivity contribution < 1.29 is 19.1 Å². The van der Waals surface area contributed by atoms with Crippen molar-refractivity contribution in [3.05, 3.63) is 90.6 Å². The molecule has 1 N–H and O–H groups in total. The van der Waals surface area contributed by atoms with Gasteiger partial charge in [0.1, 0.15) is 0 Å². The number of carbonyl (C=O) groups is 2. The molecule has 1 unspecified atom stereocenters. The maximum absolute atomic E-state index is 13.1. The maximum Gasteiger partial charge on any atom is 0.227 e. The lowest BCUT2D eigenvalue weighted by molar-refractivity contribution is -0.126. The lowest BCUT2D eigenvalue weighted by Gasteiger charge is -2.18. The third-order valence-corrected chi connectivity index (χ3v) is 6.49. The first-order valence-corrected chi connectivity index (χ1v) is 12.1. The van der Waals surface area contributed by atoms with E-state index in [9.17, 15) is 9.59 Å². The predicted molar refractivity (Wildman–Crippen MR) is 141 cm³/mol. The Bertz CT molecular complexity index is 1400. The fourth-order valence-electron chi connectivity index (χ4n) is 4.54. The minimum Gasteiger partial charge on any atom is -0.493 e. The second-order valence-electron chi connectivity index (χ2n) is 8.81. The minimum atomic E-state index is -0.454. The van der Waals surface area contributed by atoms with Crippen LogP contribution in [0.4, 0.5) is 5.69 Å². The van der Waals surface area contributed by atoms with Gasteiger partial charge in [-0.15, -0.1) is 0 Å². The van der Waals surface area contributed by atoms with Crippen LogP contribution in [0, 0.1) is 5.92 Å². The molecule has 8 heteroatoms. The summed E-state index contributed by atoms with van der Waals surface area (Å²) in [5, 5.41) is 7.83. The molecule has 1 aliphatic rings. The Hall–Kier alpha value is -4.59. The van der Waals surface area contributed by atoms with Gasteiger partial charge >= 0.3 is 0 Å². The molecule has 0 spiro atoms. The van der Waals surface area contributed by atoms with Crippen LogP contribution < -0.4 is 19.7 Å². The zero-order chi connectivity index (χ0) is 25.8. The van der Waals surface area contributed by atoms with Crippen molar-refractivity contribution in [2.45, 2.75) is 13.0 Å². The maximum atomic E-state index is 13.1. The average Bonchev–Trinajstić information content (AvgIpc) is 3.56. The number of hydrogen-bond donors (Lipinski definition) is 1. The van der Waals surface area contributed by atoms with Gasteiger partial charge in [-0.25, -0.2) is 4.68 Å². The van der Waals surface area contributed by atoms with Crippen LogP contribution in [0.3, 0.4) is 0 Å². The summed E-state index contributed by atoms with van der Waals surface area (Å²) in [7, 11) is 3.11. The van der Waals surface area contributed by atoms with Gasteiger partial charge in [-0.3, -0.25) is 9.59 Å². The lowest BCUT2D eigenvalue weighted by atomic mass is 10.1. The van der Waals surface area contributed by atoms with Gasteiger partial charge in [0.2, 0.25) is 11.8 Å². The van der Waals surface area contributed by atoms with E-state index in [2.05, 4.69) is 5.32 Å². The number of rotatable bonds is 8. The van der Waals surface area contributed by atoms with E-state index in [0.717, 1.165) is 22.5 Å². The molecule has 2 heterocycles. The zero-order valence-corrected chi connectivity index (χ0v) is 20.8. The van der Waals surface area contributed by atoms with Crippen molar-refractivity contribution >= 4 is 17.5 Å². The summed E-state index contributed by atoms with van der Waals surface area (Å²) in [6.45, 7) is 0.603. The topological polar surface area (TPSA) is 85.7 Å². The molecule has 1 saturated heterocycles. The Morgan fingerprint density at radius 1 is 0.946 bits per heavy atom. The number of aromatic nitrogens is 2. The number of benzene rings is 3. The highest BCUT2D eigenvalue weighted by Gasteiger charge is 2.35. The van der Waals surface area contributed by atoms with Crippen LogP contribution in [0.15, 0.2) is 85.1 Å². The quantitative estimate of drug-likeness (QED) is 0.395. The molecular formula is C29H28N4O4. The van der Waals surface area contributed by atoms with Gasteiger partial charge in [0.25, 0.3) is 0 Å². The van der Waals surface area contributed by atoms with E-state index in [-0.39, 0.29) is 18.2 Å². The first kappa shape index (κ1) is 24.1. The molecule has 8 nitrogen and oxygen atoms in total. The fraction of sp³-hybridized carbons (Fsp3) is 0.207. The van der Waals surface area contributed by atoms with E-state index in [0.29, 0.717) is 30.3 Å². The van der Waals surface area contributed by atoms with E-state index in [1.165, 1.54) is 0 Å². The van der Waals surface area contributed by atoms with Crippen LogP contribution in [-0.4, -0.2) is 42.4 Å². The van der Waals surface area contributed by atoms with Crippen molar-refractivity contribution in [1.29, 1.82) is 0 Å². The molecule has 0 saturated carbocycles. The first-order chi connectivity index (χ1) is 18.1. The Morgan fingerprint density at radius 2 is 1.65 bits per heavy atom. The van der Waals surface area contributed by atoms with Crippen LogP contribution in [0.2, 0.25) is 0 Å². The van der Waals surface area contributed by atoms with Gasteiger partial charge in [0.05, 0.1) is 31.5 Å². The predicted octanol–water partition coefficient (Wildman–Crippen LogP) is 4.23. The number of carbonyl (C=O) groups excluding carboxylic acids is 2. The lowest BCUT2D eigenvalue weighted by Crippen LogP contribution is -2.32. The molecule has 1 aliphatic heterocycles. The second-order valence-corrected chi connectivity index (χ2v) is 8.81. The Morgan fingerprint density at radius 3 is 2.35 bits per heavy atom. The van der Waals surface area contributed by atoms with Crippen molar-refractivity contribution in [3.63, 3.8) is 0 Å². The summed E-state index contributed by atoms with van der Waals surface area (Å²) in [6.07, 6.45) is 2.09. The molecular weight excluding hydrogens is 468 g/mol. The highest BCUT2D eigenvalue weighted by atomic mass is 16.5. The Balaban J connectivity index is 1.32. The number of anilines is 1. The molecule has 2 amide bonds. The molecule has 3 aromatic carbocycles. The summed E-state index contributed by atoms with van der Waals surface area (Å²) in [6, 6.07) is 25.0. The van der Waals surface area contributed by atoms with Crippen LogP contribution in [0.1, 0.15) is 12.0 Å². The van der Waals surface area contributed by atoms with E-state index in [1.807, 2.05) is 71.5 Å². The highest BCUT2D eigenvalue weighted by molar-refractivity contribution is 6.00. The summed E-state index contributed by atoms with van der Waals surface area (Å²) in [4.78, 5) is 27.5. The summed E-state index contributed by atoms with van der Waals surface area (Å²) < 4.78 is 12.5. The number of ether oxygens (including phenoxy) is 2. The van der Waals surface area contributed by atoms with E-state index < -0.39 is 5.92 Å². The van der Waals surface area contributed by atoms with Gasteiger partial charge in [-0.05, 0) is 24.3 Å². The highest BCUT2D eigenvalue weighted by Crippen LogP contribution is 2.34. The number of para-hydroxylation sites is 1. The molecule has 1 atom stereocenters. The van der Waals surface area contributed by atoms with Gasteiger partial charge in [0.15, 0.2) is 11.5 Å². The number of amides is 2. The van der Waals surface area contributed by atoms with Crippen molar-refractivity contribution in [3.8, 4) is 28.4 Å². The largest absolute Gasteiger partial charge is 0.493 e. The molecule has 5 rings (SSSR count). The normalized spacial score (nSPS) is 15.0.